The lowest BCUT2D eigenvalue weighted by molar-refractivity contribution is -0.330. The third kappa shape index (κ3) is 2.50. The van der Waals surface area contributed by atoms with E-state index in [1.165, 1.54) is 6.92 Å². The summed E-state index contributed by atoms with van der Waals surface area (Å²) >= 11 is 0. The summed E-state index contributed by atoms with van der Waals surface area (Å²) in [4.78, 5) is 22.8. The lowest BCUT2D eigenvalue weighted by Gasteiger charge is -2.49. The number of hydrogen-bond donors (Lipinski definition) is 5. The fraction of sp³-hybridized carbons (Fsp3) is 0.818. The molecule has 0 aromatic heterocycles. The molecule has 0 spiro atoms. The molecule has 9 heteroatoms. The Labute approximate surface area is 114 Å². The number of aliphatic hydroxyl groups excluding tert-OH is 3. The SMILES string of the molecule is CC(=O)NC1C(O)C[C@@]2(O)OC1C(C(O)CO)OC2=O. The van der Waals surface area contributed by atoms with Gasteiger partial charge in [-0.2, -0.15) is 0 Å². The molecule has 9 nitrogen and oxygen atoms in total. The Hall–Kier alpha value is -1.26. The number of carbonyl (C=O) groups is 2. The number of ether oxygens (including phenoxy) is 2. The highest BCUT2D eigenvalue weighted by Gasteiger charge is 2.60. The van der Waals surface area contributed by atoms with Crippen molar-refractivity contribution in [2.24, 2.45) is 0 Å². The standard InChI is InChI=1S/C11H17NO8/c1-4(14)12-7-5(15)2-11(18)10(17)19-8(6(16)3-13)9(7)20-11/h5-9,13,15-16,18H,2-3H2,1H3,(H,12,14)/t5?,6?,7?,8?,9?,11-/m1/s1. The third-order valence-electron chi connectivity index (χ3n) is 3.41. The maximum Gasteiger partial charge on any atom is 0.367 e. The Balaban J connectivity index is 2.30. The Morgan fingerprint density at radius 3 is 2.80 bits per heavy atom. The van der Waals surface area contributed by atoms with Crippen LogP contribution in [-0.2, 0) is 19.1 Å². The number of esters is 1. The normalized spacial score (nSPS) is 41.8. The smallest absolute Gasteiger partial charge is 0.367 e. The van der Waals surface area contributed by atoms with E-state index in [-0.39, 0.29) is 0 Å². The second-order valence-corrected chi connectivity index (χ2v) is 4.98. The van der Waals surface area contributed by atoms with E-state index >= 15 is 0 Å². The Morgan fingerprint density at radius 2 is 2.25 bits per heavy atom. The van der Waals surface area contributed by atoms with E-state index < -0.39 is 61.1 Å². The number of fused-ring (bicyclic) bond motifs is 2. The molecule has 114 valence electrons. The van der Waals surface area contributed by atoms with E-state index in [0.29, 0.717) is 0 Å². The first-order chi connectivity index (χ1) is 9.28. The minimum atomic E-state index is -2.31. The second kappa shape index (κ2) is 5.26. The van der Waals surface area contributed by atoms with Crippen molar-refractivity contribution in [2.75, 3.05) is 6.61 Å². The summed E-state index contributed by atoms with van der Waals surface area (Å²) < 4.78 is 10.1. The van der Waals surface area contributed by atoms with Gasteiger partial charge in [-0.1, -0.05) is 0 Å². The van der Waals surface area contributed by atoms with Gasteiger partial charge in [0.1, 0.15) is 12.2 Å². The summed E-state index contributed by atoms with van der Waals surface area (Å²) in [5.74, 6) is -3.92. The van der Waals surface area contributed by atoms with Crippen LogP contribution in [0.5, 0.6) is 0 Å². The molecule has 1 amide bonds. The Kier molecular flexibility index (Phi) is 3.98. The van der Waals surface area contributed by atoms with Gasteiger partial charge in [0.25, 0.3) is 5.79 Å². The topological polar surface area (TPSA) is 146 Å². The summed E-state index contributed by atoms with van der Waals surface area (Å²) in [5.41, 5.74) is 0. The van der Waals surface area contributed by atoms with Crippen molar-refractivity contribution < 1.29 is 39.5 Å². The lowest BCUT2D eigenvalue weighted by Crippen LogP contribution is -2.71. The highest BCUT2D eigenvalue weighted by atomic mass is 16.7. The van der Waals surface area contributed by atoms with Crippen molar-refractivity contribution in [3.8, 4) is 0 Å². The molecule has 2 aliphatic rings. The number of aliphatic hydroxyl groups is 4. The minimum absolute atomic E-state index is 0.461. The largest absolute Gasteiger partial charge is 0.453 e. The van der Waals surface area contributed by atoms with Gasteiger partial charge in [-0.15, -0.1) is 0 Å². The monoisotopic (exact) mass is 291 g/mol. The number of carbonyl (C=O) groups excluding carboxylic acids is 2. The zero-order valence-corrected chi connectivity index (χ0v) is 10.7. The molecule has 2 aliphatic heterocycles. The number of amides is 1. The molecule has 2 bridgehead atoms. The molecule has 2 fully saturated rings. The highest BCUT2D eigenvalue weighted by molar-refractivity contribution is 5.79. The van der Waals surface area contributed by atoms with Gasteiger partial charge in [0.05, 0.1) is 18.8 Å². The molecule has 20 heavy (non-hydrogen) atoms. The average molecular weight is 291 g/mol. The van der Waals surface area contributed by atoms with E-state index in [4.69, 9.17) is 14.6 Å². The molecule has 6 atom stereocenters. The van der Waals surface area contributed by atoms with E-state index in [1.807, 2.05) is 0 Å². The van der Waals surface area contributed by atoms with Crippen molar-refractivity contribution in [1.82, 2.24) is 5.32 Å². The fourth-order valence-corrected chi connectivity index (χ4v) is 2.48. The molecular formula is C11H17NO8. The molecule has 5 unspecified atom stereocenters. The van der Waals surface area contributed by atoms with E-state index in [1.54, 1.807) is 0 Å². The van der Waals surface area contributed by atoms with Gasteiger partial charge in [-0.3, -0.25) is 4.79 Å². The molecule has 2 heterocycles. The van der Waals surface area contributed by atoms with Crippen LogP contribution in [0.15, 0.2) is 0 Å². The van der Waals surface area contributed by atoms with Crippen molar-refractivity contribution in [2.45, 2.75) is 49.6 Å². The Morgan fingerprint density at radius 1 is 1.60 bits per heavy atom. The van der Waals surface area contributed by atoms with Crippen LogP contribution in [0, 0.1) is 0 Å². The minimum Gasteiger partial charge on any atom is -0.453 e. The van der Waals surface area contributed by atoms with Crippen molar-refractivity contribution in [3.05, 3.63) is 0 Å². The summed E-state index contributed by atoms with van der Waals surface area (Å²) in [7, 11) is 0. The van der Waals surface area contributed by atoms with Crippen LogP contribution < -0.4 is 5.32 Å². The van der Waals surface area contributed by atoms with Crippen molar-refractivity contribution in [1.29, 1.82) is 0 Å². The van der Waals surface area contributed by atoms with E-state index in [0.717, 1.165) is 0 Å². The van der Waals surface area contributed by atoms with Crippen molar-refractivity contribution >= 4 is 11.9 Å². The molecule has 0 radical (unpaired) electrons. The van der Waals surface area contributed by atoms with Gasteiger partial charge < -0.3 is 35.2 Å². The Bertz CT molecular complexity index is 413. The summed E-state index contributed by atoms with van der Waals surface area (Å²) in [6.45, 7) is 0.513. The summed E-state index contributed by atoms with van der Waals surface area (Å²) in [6.07, 6.45) is -5.67. The number of hydrogen-bond acceptors (Lipinski definition) is 8. The first-order valence-corrected chi connectivity index (χ1v) is 6.14. The van der Waals surface area contributed by atoms with Crippen LogP contribution in [-0.4, -0.2) is 75.2 Å². The van der Waals surface area contributed by atoms with Gasteiger partial charge in [0.2, 0.25) is 5.91 Å². The van der Waals surface area contributed by atoms with Gasteiger partial charge in [0, 0.05) is 13.3 Å². The number of rotatable bonds is 3. The van der Waals surface area contributed by atoms with Gasteiger partial charge >= 0.3 is 5.97 Å². The van der Waals surface area contributed by atoms with E-state index in [9.17, 15) is 24.9 Å². The zero-order chi connectivity index (χ0) is 15.1. The van der Waals surface area contributed by atoms with Crippen LogP contribution in [0.3, 0.4) is 0 Å². The predicted molar refractivity (Wildman–Crippen MR) is 61.0 cm³/mol. The van der Waals surface area contributed by atoms with Crippen molar-refractivity contribution in [3.63, 3.8) is 0 Å². The third-order valence-corrected chi connectivity index (χ3v) is 3.41. The summed E-state index contributed by atoms with van der Waals surface area (Å²) in [6, 6.07) is -0.980. The molecule has 0 saturated carbocycles. The average Bonchev–Trinajstić information content (AvgIpc) is 2.36. The number of nitrogens with one attached hydrogen (secondary N) is 1. The summed E-state index contributed by atoms with van der Waals surface area (Å²) in [5, 5.41) is 41.0. The second-order valence-electron chi connectivity index (χ2n) is 4.98. The molecule has 2 rings (SSSR count). The zero-order valence-electron chi connectivity index (χ0n) is 10.7. The lowest BCUT2D eigenvalue weighted by atomic mass is 9.86. The van der Waals surface area contributed by atoms with Gasteiger partial charge in [-0.25, -0.2) is 4.79 Å². The van der Waals surface area contributed by atoms with Gasteiger partial charge in [0.15, 0.2) is 6.10 Å². The maximum atomic E-state index is 11.6. The molecule has 0 aromatic carbocycles. The molecule has 5 N–H and O–H groups in total. The fourth-order valence-electron chi connectivity index (χ4n) is 2.48. The maximum absolute atomic E-state index is 11.6. The first kappa shape index (κ1) is 15.1. The van der Waals surface area contributed by atoms with E-state index in [2.05, 4.69) is 5.32 Å². The van der Waals surface area contributed by atoms with Crippen LogP contribution in [0.25, 0.3) is 0 Å². The predicted octanol–water partition coefficient (Wildman–Crippen LogP) is -3.39. The number of cyclic esters (lactones) is 1. The van der Waals surface area contributed by atoms with Gasteiger partial charge in [-0.05, 0) is 0 Å². The molecule has 2 saturated heterocycles. The van der Waals surface area contributed by atoms with Crippen LogP contribution in [0.1, 0.15) is 13.3 Å². The molecule has 0 aromatic rings. The quantitative estimate of drug-likeness (QED) is 0.338. The highest BCUT2D eigenvalue weighted by Crippen LogP contribution is 2.36. The molecule has 0 aliphatic carbocycles. The molecular weight excluding hydrogens is 274 g/mol. The van der Waals surface area contributed by atoms with Crippen LogP contribution >= 0.6 is 0 Å². The van der Waals surface area contributed by atoms with Crippen LogP contribution in [0.4, 0.5) is 0 Å². The van der Waals surface area contributed by atoms with Crippen LogP contribution in [0.2, 0.25) is 0 Å². The first-order valence-electron chi connectivity index (χ1n) is 6.14.